The van der Waals surface area contributed by atoms with E-state index in [2.05, 4.69) is 0 Å². The first-order valence-corrected chi connectivity index (χ1v) is 3.92. The molecule has 7 heteroatoms. The SMILES string of the molecule is CC(O)C(O)C(O)C(O)C(O)C(=O)O. The predicted molar refractivity (Wildman–Crippen MR) is 43.3 cm³/mol. The van der Waals surface area contributed by atoms with Gasteiger partial charge in [-0.05, 0) is 6.92 Å². The molecule has 0 aromatic heterocycles. The van der Waals surface area contributed by atoms with Gasteiger partial charge in [0.05, 0.1) is 6.10 Å². The summed E-state index contributed by atoms with van der Waals surface area (Å²) in [6.07, 6.45) is -9.27. The van der Waals surface area contributed by atoms with Crippen molar-refractivity contribution in [3.8, 4) is 0 Å². The maximum atomic E-state index is 10.2. The molecule has 0 aliphatic heterocycles. The lowest BCUT2D eigenvalue weighted by Crippen LogP contribution is -2.50. The lowest BCUT2D eigenvalue weighted by Gasteiger charge is -2.25. The van der Waals surface area contributed by atoms with Crippen molar-refractivity contribution in [3.63, 3.8) is 0 Å². The van der Waals surface area contributed by atoms with Crippen LogP contribution in [0.3, 0.4) is 0 Å². The van der Waals surface area contributed by atoms with Crippen molar-refractivity contribution >= 4 is 5.97 Å². The average Bonchev–Trinajstić information content (AvgIpc) is 2.12. The van der Waals surface area contributed by atoms with Gasteiger partial charge in [0.15, 0.2) is 6.10 Å². The Morgan fingerprint density at radius 3 is 1.64 bits per heavy atom. The molecule has 0 saturated carbocycles. The highest BCUT2D eigenvalue weighted by atomic mass is 16.4. The van der Waals surface area contributed by atoms with E-state index in [-0.39, 0.29) is 0 Å². The predicted octanol–water partition coefficient (Wildman–Crippen LogP) is -3.10. The first-order valence-electron chi connectivity index (χ1n) is 3.92. The summed E-state index contributed by atoms with van der Waals surface area (Å²) in [4.78, 5) is 10.2. The molecule has 0 bridgehead atoms. The van der Waals surface area contributed by atoms with E-state index in [1.54, 1.807) is 0 Å². The lowest BCUT2D eigenvalue weighted by molar-refractivity contribution is -0.167. The van der Waals surface area contributed by atoms with Crippen LogP contribution < -0.4 is 0 Å². The molecule has 0 aliphatic carbocycles. The van der Waals surface area contributed by atoms with Crippen molar-refractivity contribution in [1.82, 2.24) is 0 Å². The highest BCUT2D eigenvalue weighted by molar-refractivity contribution is 5.72. The Morgan fingerprint density at radius 2 is 1.36 bits per heavy atom. The Labute approximate surface area is 79.9 Å². The Morgan fingerprint density at radius 1 is 0.929 bits per heavy atom. The van der Waals surface area contributed by atoms with Gasteiger partial charge in [0, 0.05) is 0 Å². The summed E-state index contributed by atoms with van der Waals surface area (Å²) in [5, 5.41) is 53.0. The van der Waals surface area contributed by atoms with Crippen molar-refractivity contribution in [2.75, 3.05) is 0 Å². The molecule has 0 fully saturated rings. The molecule has 84 valence electrons. The second kappa shape index (κ2) is 5.23. The molecule has 0 saturated heterocycles. The van der Waals surface area contributed by atoms with E-state index >= 15 is 0 Å². The number of aliphatic carboxylic acids is 1. The molecule has 0 radical (unpaired) electrons. The van der Waals surface area contributed by atoms with Gasteiger partial charge in [-0.25, -0.2) is 4.79 Å². The number of carboxylic acids is 1. The first kappa shape index (κ1) is 13.3. The molecule has 0 aromatic carbocycles. The van der Waals surface area contributed by atoms with Gasteiger partial charge in [-0.2, -0.15) is 0 Å². The second-order valence-electron chi connectivity index (χ2n) is 3.00. The van der Waals surface area contributed by atoms with E-state index < -0.39 is 36.5 Å². The summed E-state index contributed by atoms with van der Waals surface area (Å²) in [5.41, 5.74) is 0. The fourth-order valence-corrected chi connectivity index (χ4v) is 0.820. The maximum Gasteiger partial charge on any atom is 0.335 e. The molecule has 0 amide bonds. The Hall–Kier alpha value is -0.730. The van der Waals surface area contributed by atoms with Gasteiger partial charge in [0.25, 0.3) is 0 Å². The largest absolute Gasteiger partial charge is 0.479 e. The van der Waals surface area contributed by atoms with Crippen molar-refractivity contribution in [3.05, 3.63) is 0 Å². The second-order valence-corrected chi connectivity index (χ2v) is 3.00. The molecule has 6 N–H and O–H groups in total. The van der Waals surface area contributed by atoms with Crippen LogP contribution in [0.25, 0.3) is 0 Å². The van der Waals surface area contributed by atoms with Gasteiger partial charge in [0.1, 0.15) is 18.3 Å². The number of rotatable bonds is 5. The van der Waals surface area contributed by atoms with Crippen LogP contribution in [0, 0.1) is 0 Å². The van der Waals surface area contributed by atoms with Crippen LogP contribution in [-0.4, -0.2) is 67.1 Å². The maximum absolute atomic E-state index is 10.2. The van der Waals surface area contributed by atoms with E-state index in [1.807, 2.05) is 0 Å². The molecule has 0 aromatic rings. The number of carbonyl (C=O) groups is 1. The number of carboxylic acid groups (broad SMARTS) is 1. The molecule has 5 unspecified atom stereocenters. The summed E-state index contributed by atoms with van der Waals surface area (Å²) < 4.78 is 0. The van der Waals surface area contributed by atoms with Crippen LogP contribution in [-0.2, 0) is 4.79 Å². The third kappa shape index (κ3) is 3.20. The standard InChI is InChI=1S/C7H14O7/c1-2(8)3(9)4(10)5(11)6(12)7(13)14/h2-6,8-12H,1H3,(H,13,14). The smallest absolute Gasteiger partial charge is 0.335 e. The van der Waals surface area contributed by atoms with Crippen molar-refractivity contribution in [2.45, 2.75) is 37.4 Å². The van der Waals surface area contributed by atoms with Crippen LogP contribution in [0.4, 0.5) is 0 Å². The van der Waals surface area contributed by atoms with Crippen LogP contribution in [0.1, 0.15) is 6.92 Å². The van der Waals surface area contributed by atoms with Crippen molar-refractivity contribution in [1.29, 1.82) is 0 Å². The zero-order chi connectivity index (χ0) is 11.5. The minimum Gasteiger partial charge on any atom is -0.479 e. The molecule has 0 heterocycles. The third-order valence-corrected chi connectivity index (χ3v) is 1.77. The van der Waals surface area contributed by atoms with E-state index in [1.165, 1.54) is 0 Å². The van der Waals surface area contributed by atoms with Gasteiger partial charge >= 0.3 is 5.97 Å². The molecular weight excluding hydrogens is 196 g/mol. The van der Waals surface area contributed by atoms with Gasteiger partial charge in [-0.15, -0.1) is 0 Å². The van der Waals surface area contributed by atoms with E-state index in [0.717, 1.165) is 6.92 Å². The Kier molecular flexibility index (Phi) is 4.95. The van der Waals surface area contributed by atoms with E-state index in [4.69, 9.17) is 30.6 Å². The number of hydrogen-bond donors (Lipinski definition) is 6. The molecule has 0 spiro atoms. The lowest BCUT2D eigenvalue weighted by atomic mass is 10.00. The van der Waals surface area contributed by atoms with Gasteiger partial charge in [0.2, 0.25) is 0 Å². The van der Waals surface area contributed by atoms with Crippen LogP contribution in [0.2, 0.25) is 0 Å². The zero-order valence-corrected chi connectivity index (χ0v) is 7.48. The number of aliphatic hydroxyl groups excluding tert-OH is 5. The summed E-state index contributed by atoms with van der Waals surface area (Å²) >= 11 is 0. The van der Waals surface area contributed by atoms with Crippen molar-refractivity contribution < 1.29 is 35.4 Å². The first-order chi connectivity index (χ1) is 6.29. The summed E-state index contributed by atoms with van der Waals surface area (Å²) in [6.45, 7) is 1.15. The highest BCUT2D eigenvalue weighted by Gasteiger charge is 2.35. The summed E-state index contributed by atoms with van der Waals surface area (Å²) in [7, 11) is 0. The monoisotopic (exact) mass is 210 g/mol. The molecule has 0 aliphatic rings. The molecule has 0 rings (SSSR count). The third-order valence-electron chi connectivity index (χ3n) is 1.77. The Balaban J connectivity index is 4.37. The van der Waals surface area contributed by atoms with E-state index in [9.17, 15) is 4.79 Å². The fourth-order valence-electron chi connectivity index (χ4n) is 0.820. The Bertz CT molecular complexity index is 192. The molecule has 5 atom stereocenters. The highest BCUT2D eigenvalue weighted by Crippen LogP contribution is 2.08. The topological polar surface area (TPSA) is 138 Å². The number of hydrogen-bond acceptors (Lipinski definition) is 6. The quantitative estimate of drug-likeness (QED) is 0.282. The minimum atomic E-state index is -2.21. The average molecular weight is 210 g/mol. The summed E-state index contributed by atoms with van der Waals surface area (Å²) in [6, 6.07) is 0. The van der Waals surface area contributed by atoms with Crippen LogP contribution >= 0.6 is 0 Å². The van der Waals surface area contributed by atoms with Crippen LogP contribution in [0.5, 0.6) is 0 Å². The summed E-state index contributed by atoms with van der Waals surface area (Å²) in [5.74, 6) is -1.73. The molecule has 7 nitrogen and oxygen atoms in total. The van der Waals surface area contributed by atoms with E-state index in [0.29, 0.717) is 0 Å². The number of aliphatic hydroxyl groups is 5. The normalized spacial score (nSPS) is 22.1. The zero-order valence-electron chi connectivity index (χ0n) is 7.48. The van der Waals surface area contributed by atoms with Gasteiger partial charge in [-0.1, -0.05) is 0 Å². The fraction of sp³-hybridized carbons (Fsp3) is 0.857. The minimum absolute atomic E-state index is 1.15. The van der Waals surface area contributed by atoms with Crippen LogP contribution in [0.15, 0.2) is 0 Å². The molecule has 14 heavy (non-hydrogen) atoms. The van der Waals surface area contributed by atoms with Gasteiger partial charge in [-0.3, -0.25) is 0 Å². The molecular formula is C7H14O7. The van der Waals surface area contributed by atoms with Crippen molar-refractivity contribution in [2.24, 2.45) is 0 Å². The van der Waals surface area contributed by atoms with Gasteiger partial charge < -0.3 is 30.6 Å².